The predicted molar refractivity (Wildman–Crippen MR) is 61.5 cm³/mol. The molecular weight excluding hydrogens is 264 g/mol. The number of carbonyl (C=O) groups excluding carboxylic acids is 1. The van der Waals surface area contributed by atoms with Gasteiger partial charge in [0.05, 0.1) is 11.0 Å². The van der Waals surface area contributed by atoms with Crippen molar-refractivity contribution in [1.82, 2.24) is 0 Å². The molecule has 0 bridgehead atoms. The number of esters is 1. The van der Waals surface area contributed by atoms with E-state index in [9.17, 15) is 22.4 Å². The summed E-state index contributed by atoms with van der Waals surface area (Å²) in [5, 5.41) is 0. The summed E-state index contributed by atoms with van der Waals surface area (Å²) in [4.78, 5) is 11.5. The standard InChI is InChI=1S/C13H12F4O2/c1-5-6-7(14)9(16)11(10(17)8(6)15)19-12(18)13(2,3)4/h5H,1H2,2-4H3. The maximum atomic E-state index is 13.5. The summed E-state index contributed by atoms with van der Waals surface area (Å²) in [6.07, 6.45) is 0.631. The normalized spacial score (nSPS) is 11.3. The minimum absolute atomic E-state index is 0.631. The fraction of sp³-hybridized carbons (Fsp3) is 0.308. The van der Waals surface area contributed by atoms with Gasteiger partial charge in [-0.1, -0.05) is 12.7 Å². The molecule has 0 atom stereocenters. The lowest BCUT2D eigenvalue weighted by molar-refractivity contribution is -0.143. The quantitative estimate of drug-likeness (QED) is 0.355. The van der Waals surface area contributed by atoms with E-state index < -0.39 is 46.0 Å². The highest BCUT2D eigenvalue weighted by molar-refractivity contribution is 5.78. The largest absolute Gasteiger partial charge is 0.420 e. The average Bonchev–Trinajstić information content (AvgIpc) is 2.31. The summed E-state index contributed by atoms with van der Waals surface area (Å²) < 4.78 is 58.3. The predicted octanol–water partition coefficient (Wildman–Crippen LogP) is 3.84. The first-order valence-corrected chi connectivity index (χ1v) is 5.32. The van der Waals surface area contributed by atoms with Crippen molar-refractivity contribution in [3.63, 3.8) is 0 Å². The highest BCUT2D eigenvalue weighted by atomic mass is 19.2. The molecule has 19 heavy (non-hydrogen) atoms. The van der Waals surface area contributed by atoms with E-state index in [2.05, 4.69) is 11.3 Å². The molecule has 0 saturated carbocycles. The van der Waals surface area contributed by atoms with Crippen molar-refractivity contribution in [3.05, 3.63) is 35.4 Å². The van der Waals surface area contributed by atoms with Gasteiger partial charge >= 0.3 is 5.97 Å². The van der Waals surface area contributed by atoms with Crippen molar-refractivity contribution in [2.75, 3.05) is 0 Å². The van der Waals surface area contributed by atoms with Crippen LogP contribution in [0.1, 0.15) is 26.3 Å². The van der Waals surface area contributed by atoms with E-state index in [0.29, 0.717) is 6.08 Å². The molecule has 0 heterocycles. The van der Waals surface area contributed by atoms with E-state index in [4.69, 9.17) is 0 Å². The Morgan fingerprint density at radius 3 is 1.79 bits per heavy atom. The van der Waals surface area contributed by atoms with Gasteiger partial charge in [-0.25, -0.2) is 8.78 Å². The molecular formula is C13H12F4O2. The third-order valence-corrected chi connectivity index (χ3v) is 2.27. The summed E-state index contributed by atoms with van der Waals surface area (Å²) in [6, 6.07) is 0. The lowest BCUT2D eigenvalue weighted by Gasteiger charge is -2.17. The maximum Gasteiger partial charge on any atom is 0.316 e. The second kappa shape index (κ2) is 5.03. The zero-order valence-electron chi connectivity index (χ0n) is 10.6. The second-order valence-electron chi connectivity index (χ2n) is 4.84. The Labute approximate surface area is 107 Å². The van der Waals surface area contributed by atoms with Crippen LogP contribution < -0.4 is 4.74 Å². The van der Waals surface area contributed by atoms with Crippen LogP contribution >= 0.6 is 0 Å². The molecule has 0 aliphatic heterocycles. The third kappa shape index (κ3) is 2.77. The second-order valence-corrected chi connectivity index (χ2v) is 4.84. The van der Waals surface area contributed by atoms with E-state index >= 15 is 0 Å². The molecule has 0 unspecified atom stereocenters. The number of halogens is 4. The molecule has 2 nitrogen and oxygen atoms in total. The monoisotopic (exact) mass is 276 g/mol. The summed E-state index contributed by atoms with van der Waals surface area (Å²) in [6.45, 7) is 7.32. The first kappa shape index (κ1) is 15.2. The van der Waals surface area contributed by atoms with E-state index in [-0.39, 0.29) is 0 Å². The van der Waals surface area contributed by atoms with Crippen LogP contribution in [-0.2, 0) is 4.79 Å². The van der Waals surface area contributed by atoms with E-state index in [1.807, 2.05) is 0 Å². The zero-order valence-corrected chi connectivity index (χ0v) is 10.6. The Hall–Kier alpha value is -1.85. The molecule has 0 radical (unpaired) electrons. The molecule has 1 rings (SSSR count). The van der Waals surface area contributed by atoms with Crippen molar-refractivity contribution in [1.29, 1.82) is 0 Å². The van der Waals surface area contributed by atoms with Crippen molar-refractivity contribution in [2.24, 2.45) is 5.41 Å². The molecule has 0 amide bonds. The smallest absolute Gasteiger partial charge is 0.316 e. The molecule has 0 aliphatic carbocycles. The van der Waals surface area contributed by atoms with E-state index in [0.717, 1.165) is 0 Å². The summed E-state index contributed by atoms with van der Waals surface area (Å²) in [7, 11) is 0. The van der Waals surface area contributed by atoms with E-state index in [1.165, 1.54) is 20.8 Å². The molecule has 0 N–H and O–H groups in total. The number of benzene rings is 1. The van der Waals surface area contributed by atoms with Crippen molar-refractivity contribution >= 4 is 12.0 Å². The van der Waals surface area contributed by atoms with Gasteiger partial charge in [0.2, 0.25) is 17.4 Å². The van der Waals surface area contributed by atoms with Crippen molar-refractivity contribution in [3.8, 4) is 5.75 Å². The lowest BCUT2D eigenvalue weighted by Crippen LogP contribution is -2.26. The topological polar surface area (TPSA) is 26.3 Å². The molecule has 6 heteroatoms. The Morgan fingerprint density at radius 1 is 1.05 bits per heavy atom. The summed E-state index contributed by atoms with van der Waals surface area (Å²) in [5.41, 5.74) is -2.03. The van der Waals surface area contributed by atoms with Crippen LogP contribution in [0.4, 0.5) is 17.6 Å². The minimum Gasteiger partial charge on any atom is -0.420 e. The van der Waals surface area contributed by atoms with Gasteiger partial charge in [-0.3, -0.25) is 4.79 Å². The number of rotatable bonds is 2. The number of hydrogen-bond donors (Lipinski definition) is 0. The number of ether oxygens (including phenoxy) is 1. The Morgan fingerprint density at radius 2 is 1.47 bits per heavy atom. The first-order chi connectivity index (χ1) is 8.61. The van der Waals surface area contributed by atoms with Gasteiger partial charge in [-0.2, -0.15) is 8.78 Å². The van der Waals surface area contributed by atoms with Crippen LogP contribution in [0.2, 0.25) is 0 Å². The third-order valence-electron chi connectivity index (χ3n) is 2.27. The van der Waals surface area contributed by atoms with Crippen LogP contribution in [-0.4, -0.2) is 5.97 Å². The average molecular weight is 276 g/mol. The van der Waals surface area contributed by atoms with Crippen molar-refractivity contribution in [2.45, 2.75) is 20.8 Å². The molecule has 104 valence electrons. The van der Waals surface area contributed by atoms with E-state index in [1.54, 1.807) is 0 Å². The van der Waals surface area contributed by atoms with Crippen LogP contribution in [0, 0.1) is 28.7 Å². The van der Waals surface area contributed by atoms with Gasteiger partial charge in [0.15, 0.2) is 11.6 Å². The molecule has 0 aliphatic rings. The molecule has 1 aromatic carbocycles. The van der Waals surface area contributed by atoms with Gasteiger partial charge in [0, 0.05) is 0 Å². The Balaban J connectivity index is 3.39. The molecule has 0 saturated heterocycles. The fourth-order valence-corrected chi connectivity index (χ4v) is 1.14. The first-order valence-electron chi connectivity index (χ1n) is 5.32. The molecule has 1 aromatic rings. The Bertz CT molecular complexity index is 516. The SMILES string of the molecule is C=Cc1c(F)c(F)c(OC(=O)C(C)(C)C)c(F)c1F. The van der Waals surface area contributed by atoms with Crippen LogP contribution in [0.25, 0.3) is 6.08 Å². The molecule has 0 fully saturated rings. The fourth-order valence-electron chi connectivity index (χ4n) is 1.14. The van der Waals surface area contributed by atoms with Gasteiger partial charge in [-0.15, -0.1) is 0 Å². The van der Waals surface area contributed by atoms with Crippen molar-refractivity contribution < 1.29 is 27.1 Å². The lowest BCUT2D eigenvalue weighted by atomic mass is 9.97. The molecule has 0 spiro atoms. The number of carbonyl (C=O) groups is 1. The van der Waals surface area contributed by atoms with Gasteiger partial charge in [-0.05, 0) is 20.8 Å². The molecule has 0 aromatic heterocycles. The minimum atomic E-state index is -1.77. The van der Waals surface area contributed by atoms with Crippen LogP contribution in [0.3, 0.4) is 0 Å². The summed E-state index contributed by atoms with van der Waals surface area (Å²) in [5.74, 6) is -9.27. The van der Waals surface area contributed by atoms with Gasteiger partial charge < -0.3 is 4.74 Å². The van der Waals surface area contributed by atoms with Gasteiger partial charge in [0.1, 0.15) is 0 Å². The highest BCUT2D eigenvalue weighted by Gasteiger charge is 2.30. The van der Waals surface area contributed by atoms with Gasteiger partial charge in [0.25, 0.3) is 0 Å². The van der Waals surface area contributed by atoms with Crippen LogP contribution in [0.15, 0.2) is 6.58 Å². The highest BCUT2D eigenvalue weighted by Crippen LogP contribution is 2.32. The maximum absolute atomic E-state index is 13.5. The van der Waals surface area contributed by atoms with Crippen LogP contribution in [0.5, 0.6) is 5.75 Å². The zero-order chi connectivity index (χ0) is 15.0. The Kier molecular flexibility index (Phi) is 4.03. The summed E-state index contributed by atoms with van der Waals surface area (Å²) >= 11 is 0. The number of hydrogen-bond acceptors (Lipinski definition) is 2.